The van der Waals surface area contributed by atoms with E-state index in [0.29, 0.717) is 0 Å². The Hall–Kier alpha value is -1.18. The lowest BCUT2D eigenvalue weighted by Gasteiger charge is -2.13. The Morgan fingerprint density at radius 3 is 2.23 bits per heavy atom. The number of hydrogen-bond acceptors (Lipinski definition) is 5. The fourth-order valence-corrected chi connectivity index (χ4v) is 0.636. The second-order valence-corrected chi connectivity index (χ2v) is 2.43. The Labute approximate surface area is 74.2 Å². The van der Waals surface area contributed by atoms with Crippen molar-refractivity contribution in [3.05, 3.63) is 0 Å². The molecule has 0 rings (SSSR count). The van der Waals surface area contributed by atoms with Crippen LogP contribution in [0.5, 0.6) is 0 Å². The summed E-state index contributed by atoms with van der Waals surface area (Å²) in [6.45, 7) is -0.662. The van der Waals surface area contributed by atoms with Gasteiger partial charge in [0.1, 0.15) is 6.10 Å². The highest BCUT2D eigenvalue weighted by molar-refractivity contribution is 5.93. The van der Waals surface area contributed by atoms with E-state index in [1.165, 1.54) is 0 Å². The van der Waals surface area contributed by atoms with Gasteiger partial charge in [-0.15, -0.1) is 0 Å². The topological polar surface area (TPSA) is 133 Å². The summed E-state index contributed by atoms with van der Waals surface area (Å²) in [4.78, 5) is 20.8. The normalized spacial score (nSPS) is 14.7. The minimum Gasteiger partial charge on any atom is -0.394 e. The summed E-state index contributed by atoms with van der Waals surface area (Å²) < 4.78 is 0. The summed E-state index contributed by atoms with van der Waals surface area (Å²) >= 11 is 0. The van der Waals surface area contributed by atoms with Crippen molar-refractivity contribution in [1.82, 2.24) is 5.32 Å². The number of nitrogens with two attached hydrogens (primary N) is 1. The molecule has 3 amide bonds. The summed E-state index contributed by atoms with van der Waals surface area (Å²) in [6.07, 6.45) is -3.31. The summed E-state index contributed by atoms with van der Waals surface area (Å²) in [6, 6.07) is -1.03. The maximum atomic E-state index is 10.7. The van der Waals surface area contributed by atoms with Crippen molar-refractivity contribution >= 4 is 11.9 Å². The second kappa shape index (κ2) is 5.46. The number of imide groups is 1. The van der Waals surface area contributed by atoms with Crippen LogP contribution >= 0.6 is 0 Å². The molecule has 0 aromatic heterocycles. The molecular formula is C6H12N2O5. The predicted molar refractivity (Wildman–Crippen MR) is 41.4 cm³/mol. The third-order valence-electron chi connectivity index (χ3n) is 1.29. The van der Waals surface area contributed by atoms with Gasteiger partial charge >= 0.3 is 6.03 Å². The van der Waals surface area contributed by atoms with Crippen LogP contribution in [0.15, 0.2) is 0 Å². The van der Waals surface area contributed by atoms with Gasteiger partial charge < -0.3 is 21.1 Å². The minimum atomic E-state index is -1.41. The van der Waals surface area contributed by atoms with Gasteiger partial charge in [0.05, 0.1) is 19.1 Å². The Morgan fingerprint density at radius 2 is 1.85 bits per heavy atom. The van der Waals surface area contributed by atoms with E-state index < -0.39 is 37.2 Å². The first-order valence-electron chi connectivity index (χ1n) is 3.53. The van der Waals surface area contributed by atoms with Crippen LogP contribution in [-0.4, -0.2) is 46.1 Å². The molecule has 13 heavy (non-hydrogen) atoms. The monoisotopic (exact) mass is 192 g/mol. The summed E-state index contributed by atoms with van der Waals surface area (Å²) in [5.41, 5.74) is 4.61. The van der Waals surface area contributed by atoms with Gasteiger partial charge in [0, 0.05) is 0 Å². The van der Waals surface area contributed by atoms with Crippen molar-refractivity contribution < 1.29 is 24.9 Å². The first kappa shape index (κ1) is 11.8. The lowest BCUT2D eigenvalue weighted by atomic mass is 10.1. The molecule has 0 saturated heterocycles. The van der Waals surface area contributed by atoms with Crippen LogP contribution in [0.3, 0.4) is 0 Å². The quantitative estimate of drug-likeness (QED) is 0.330. The molecular weight excluding hydrogens is 180 g/mol. The van der Waals surface area contributed by atoms with Crippen LogP contribution in [0.2, 0.25) is 0 Å². The van der Waals surface area contributed by atoms with Gasteiger partial charge in [0.15, 0.2) is 0 Å². The maximum Gasteiger partial charge on any atom is 0.318 e. The predicted octanol–water partition coefficient (Wildman–Crippen LogP) is -2.71. The summed E-state index contributed by atoms with van der Waals surface area (Å²) in [5.74, 6) is -0.812. The van der Waals surface area contributed by atoms with Gasteiger partial charge in [-0.1, -0.05) is 0 Å². The average Bonchev–Trinajstić information content (AvgIpc) is 2.01. The SMILES string of the molecule is NC(=O)NC(=O)CC(O)C(O)CO. The third kappa shape index (κ3) is 5.12. The van der Waals surface area contributed by atoms with E-state index in [9.17, 15) is 9.59 Å². The van der Waals surface area contributed by atoms with Crippen LogP contribution in [0.4, 0.5) is 4.79 Å². The molecule has 0 fully saturated rings. The number of carbonyl (C=O) groups is 2. The van der Waals surface area contributed by atoms with Gasteiger partial charge in [-0.25, -0.2) is 4.79 Å². The zero-order chi connectivity index (χ0) is 10.4. The molecule has 0 radical (unpaired) electrons. The molecule has 7 nitrogen and oxygen atoms in total. The molecule has 0 aliphatic rings. The number of nitrogens with one attached hydrogen (secondary N) is 1. The molecule has 0 spiro atoms. The Kier molecular flexibility index (Phi) is 4.97. The van der Waals surface area contributed by atoms with Crippen molar-refractivity contribution in [2.75, 3.05) is 6.61 Å². The number of primary amides is 1. The summed E-state index contributed by atoms with van der Waals surface area (Å²) in [7, 11) is 0. The van der Waals surface area contributed by atoms with E-state index >= 15 is 0 Å². The smallest absolute Gasteiger partial charge is 0.318 e. The average molecular weight is 192 g/mol. The van der Waals surface area contributed by atoms with Gasteiger partial charge in [-0.2, -0.15) is 0 Å². The van der Waals surface area contributed by atoms with Gasteiger partial charge in [0.2, 0.25) is 5.91 Å². The van der Waals surface area contributed by atoms with Crippen molar-refractivity contribution in [2.45, 2.75) is 18.6 Å². The largest absolute Gasteiger partial charge is 0.394 e. The number of aliphatic hydroxyl groups is 3. The van der Waals surface area contributed by atoms with Crippen molar-refractivity contribution in [3.63, 3.8) is 0 Å². The molecule has 0 saturated carbocycles. The zero-order valence-electron chi connectivity index (χ0n) is 6.80. The number of aliphatic hydroxyl groups excluding tert-OH is 3. The van der Waals surface area contributed by atoms with Gasteiger partial charge in [-0.3, -0.25) is 10.1 Å². The van der Waals surface area contributed by atoms with Crippen molar-refractivity contribution in [3.8, 4) is 0 Å². The highest BCUT2D eigenvalue weighted by Gasteiger charge is 2.19. The lowest BCUT2D eigenvalue weighted by Crippen LogP contribution is -2.40. The minimum absolute atomic E-state index is 0.495. The fraction of sp³-hybridized carbons (Fsp3) is 0.667. The first-order valence-corrected chi connectivity index (χ1v) is 3.53. The molecule has 0 aromatic rings. The highest BCUT2D eigenvalue weighted by Crippen LogP contribution is 1.97. The van der Waals surface area contributed by atoms with Crippen molar-refractivity contribution in [1.29, 1.82) is 0 Å². The molecule has 7 heteroatoms. The second-order valence-electron chi connectivity index (χ2n) is 2.43. The Bertz CT molecular complexity index is 195. The van der Waals surface area contributed by atoms with E-state index in [2.05, 4.69) is 5.73 Å². The molecule has 0 aromatic carbocycles. The molecule has 0 heterocycles. The van der Waals surface area contributed by atoms with E-state index in [1.807, 2.05) is 0 Å². The van der Waals surface area contributed by atoms with Crippen LogP contribution in [0.25, 0.3) is 0 Å². The summed E-state index contributed by atoms with van der Waals surface area (Å²) in [5, 5.41) is 27.9. The maximum absolute atomic E-state index is 10.7. The van der Waals surface area contributed by atoms with E-state index in [0.717, 1.165) is 0 Å². The number of hydrogen-bond donors (Lipinski definition) is 5. The van der Waals surface area contributed by atoms with Crippen LogP contribution in [0.1, 0.15) is 6.42 Å². The molecule has 0 bridgehead atoms. The Morgan fingerprint density at radius 1 is 1.31 bits per heavy atom. The molecule has 2 unspecified atom stereocenters. The van der Waals surface area contributed by atoms with Crippen molar-refractivity contribution in [2.24, 2.45) is 5.73 Å². The number of urea groups is 1. The molecule has 0 aliphatic heterocycles. The van der Waals surface area contributed by atoms with E-state index in [1.54, 1.807) is 5.32 Å². The fourth-order valence-electron chi connectivity index (χ4n) is 0.636. The standard InChI is InChI=1S/C6H12N2O5/c7-6(13)8-5(12)1-3(10)4(11)2-9/h3-4,9-11H,1-2H2,(H3,7,8,12,13). The van der Waals surface area contributed by atoms with Crippen LogP contribution < -0.4 is 11.1 Å². The lowest BCUT2D eigenvalue weighted by molar-refractivity contribution is -0.124. The Balaban J connectivity index is 3.84. The van der Waals surface area contributed by atoms with Gasteiger partial charge in [0.25, 0.3) is 0 Å². The van der Waals surface area contributed by atoms with Gasteiger partial charge in [-0.05, 0) is 0 Å². The molecule has 0 aliphatic carbocycles. The number of rotatable bonds is 4. The first-order chi connectivity index (χ1) is 5.97. The van der Waals surface area contributed by atoms with E-state index in [4.69, 9.17) is 15.3 Å². The van der Waals surface area contributed by atoms with Crippen LogP contribution in [-0.2, 0) is 4.79 Å². The van der Waals surface area contributed by atoms with Crippen LogP contribution in [0, 0.1) is 0 Å². The molecule has 76 valence electrons. The zero-order valence-corrected chi connectivity index (χ0v) is 6.80. The molecule has 2 atom stereocenters. The third-order valence-corrected chi connectivity index (χ3v) is 1.29. The highest BCUT2D eigenvalue weighted by atomic mass is 16.4. The number of amides is 3. The van der Waals surface area contributed by atoms with E-state index in [-0.39, 0.29) is 0 Å². The number of carbonyl (C=O) groups excluding carboxylic acids is 2. The molecule has 6 N–H and O–H groups in total.